The van der Waals surface area contributed by atoms with Gasteiger partial charge in [-0.2, -0.15) is 0 Å². The van der Waals surface area contributed by atoms with Crippen LogP contribution in [0.15, 0.2) is 36.4 Å². The fourth-order valence-corrected chi connectivity index (χ4v) is 4.63. The molecule has 0 radical (unpaired) electrons. The van der Waals surface area contributed by atoms with Crippen molar-refractivity contribution in [2.24, 2.45) is 0 Å². The number of carbonyl (C=O) groups excluding carboxylic acids is 1. The van der Waals surface area contributed by atoms with Crippen LogP contribution < -0.4 is 9.47 Å². The number of aliphatic hydroxyl groups excluding tert-OH is 1. The number of esters is 1. The van der Waals surface area contributed by atoms with E-state index in [9.17, 15) is 35.4 Å². The average Bonchev–Trinajstić information content (AvgIpc) is 2.82. The molecular formula is C25H22O10. The van der Waals surface area contributed by atoms with E-state index in [0.717, 1.165) is 0 Å². The smallest absolute Gasteiger partial charge is 0.306 e. The molecule has 2 heterocycles. The first kappa shape index (κ1) is 22.5. The van der Waals surface area contributed by atoms with E-state index in [4.69, 9.17) is 14.2 Å². The molecular weight excluding hydrogens is 460 g/mol. The topological polar surface area (TPSA) is 166 Å². The summed E-state index contributed by atoms with van der Waals surface area (Å²) in [6, 6.07) is 7.86. The van der Waals surface area contributed by atoms with Gasteiger partial charge in [0.05, 0.1) is 19.6 Å². The Morgan fingerprint density at radius 2 is 1.63 bits per heavy atom. The average molecular weight is 482 g/mol. The molecule has 35 heavy (non-hydrogen) atoms. The van der Waals surface area contributed by atoms with Crippen LogP contribution in [0.4, 0.5) is 0 Å². The third-order valence-corrected chi connectivity index (χ3v) is 6.35. The van der Waals surface area contributed by atoms with Crippen LogP contribution in [0.2, 0.25) is 0 Å². The van der Waals surface area contributed by atoms with Crippen molar-refractivity contribution < 1.29 is 49.6 Å². The maximum absolute atomic E-state index is 12.3. The van der Waals surface area contributed by atoms with Crippen molar-refractivity contribution >= 4 is 5.97 Å². The number of aromatic hydroxyl groups is 5. The maximum atomic E-state index is 12.3. The number of carbonyl (C=O) groups is 1. The molecule has 3 aromatic carbocycles. The highest BCUT2D eigenvalue weighted by molar-refractivity contribution is 5.75. The highest BCUT2D eigenvalue weighted by Gasteiger charge is 2.40. The maximum Gasteiger partial charge on any atom is 0.306 e. The molecule has 2 aliphatic heterocycles. The summed E-state index contributed by atoms with van der Waals surface area (Å²) in [4.78, 5) is 12.3. The molecule has 0 unspecified atom stereocenters. The molecule has 10 nitrogen and oxygen atoms in total. The first-order chi connectivity index (χ1) is 16.7. The van der Waals surface area contributed by atoms with E-state index >= 15 is 0 Å². The first-order valence-corrected chi connectivity index (χ1v) is 10.7. The number of hydrogen-bond donors (Lipinski definition) is 6. The first-order valence-electron chi connectivity index (χ1n) is 10.7. The fourth-order valence-electron chi connectivity index (χ4n) is 4.63. The third kappa shape index (κ3) is 3.68. The molecule has 5 rings (SSSR count). The van der Waals surface area contributed by atoms with E-state index in [1.165, 1.54) is 43.5 Å². The Labute approximate surface area is 198 Å². The van der Waals surface area contributed by atoms with Gasteiger partial charge in [0.2, 0.25) is 0 Å². The molecule has 3 atom stereocenters. The number of phenolic OH excluding ortho intramolecular Hbond substituents is 5. The van der Waals surface area contributed by atoms with Crippen LogP contribution in [0.1, 0.15) is 40.7 Å². The predicted octanol–water partition coefficient (Wildman–Crippen LogP) is 3.05. The van der Waals surface area contributed by atoms with Crippen LogP contribution in [0, 0.1) is 0 Å². The number of methoxy groups -OCH3 is 1. The fraction of sp³-hybridized carbons (Fsp3) is 0.240. The highest BCUT2D eigenvalue weighted by atomic mass is 16.5. The van der Waals surface area contributed by atoms with E-state index in [1.54, 1.807) is 0 Å². The van der Waals surface area contributed by atoms with E-state index in [0.29, 0.717) is 22.3 Å². The zero-order chi connectivity index (χ0) is 25.0. The van der Waals surface area contributed by atoms with Gasteiger partial charge in [0.25, 0.3) is 0 Å². The summed E-state index contributed by atoms with van der Waals surface area (Å²) < 4.78 is 16.9. The van der Waals surface area contributed by atoms with Gasteiger partial charge in [0, 0.05) is 41.2 Å². The second kappa shape index (κ2) is 8.17. The molecule has 0 amide bonds. The summed E-state index contributed by atoms with van der Waals surface area (Å²) in [5, 5.41) is 61.1. The lowest BCUT2D eigenvalue weighted by molar-refractivity contribution is -0.140. The minimum absolute atomic E-state index is 0.0145. The second-order valence-corrected chi connectivity index (χ2v) is 8.49. The summed E-state index contributed by atoms with van der Waals surface area (Å²) in [6.45, 7) is 0. The number of ether oxygens (including phenoxy) is 3. The minimum atomic E-state index is -1.10. The van der Waals surface area contributed by atoms with Gasteiger partial charge in [-0.3, -0.25) is 4.79 Å². The molecule has 0 bridgehead atoms. The van der Waals surface area contributed by atoms with Crippen molar-refractivity contribution in [1.29, 1.82) is 0 Å². The Morgan fingerprint density at radius 1 is 0.943 bits per heavy atom. The van der Waals surface area contributed by atoms with Crippen LogP contribution in [0.5, 0.6) is 46.0 Å². The Bertz CT molecular complexity index is 1350. The SMILES string of the molecule is COC(=O)C[C@H]1c2cc(O)c(O)cc2Oc2cc(O)c3c(c21)O[C@@H](c1ccc(O)c(O)c1)[C@@H](O)C3. The van der Waals surface area contributed by atoms with Crippen molar-refractivity contribution in [3.05, 3.63) is 58.7 Å². The van der Waals surface area contributed by atoms with Gasteiger partial charge < -0.3 is 44.8 Å². The van der Waals surface area contributed by atoms with Gasteiger partial charge in [-0.25, -0.2) is 0 Å². The zero-order valence-corrected chi connectivity index (χ0v) is 18.4. The summed E-state index contributed by atoms with van der Waals surface area (Å²) >= 11 is 0. The lowest BCUT2D eigenvalue weighted by Gasteiger charge is -2.36. The number of benzene rings is 3. The number of hydrogen-bond acceptors (Lipinski definition) is 10. The Morgan fingerprint density at radius 3 is 2.34 bits per heavy atom. The van der Waals surface area contributed by atoms with Crippen molar-refractivity contribution in [2.75, 3.05) is 7.11 Å². The van der Waals surface area contributed by atoms with E-state index in [2.05, 4.69) is 0 Å². The third-order valence-electron chi connectivity index (χ3n) is 6.35. The molecule has 10 heteroatoms. The van der Waals surface area contributed by atoms with Gasteiger partial charge in [0.15, 0.2) is 23.0 Å². The molecule has 0 saturated carbocycles. The molecule has 0 saturated heterocycles. The molecule has 2 aliphatic rings. The molecule has 0 spiro atoms. The van der Waals surface area contributed by atoms with Crippen molar-refractivity contribution in [2.45, 2.75) is 31.0 Å². The van der Waals surface area contributed by atoms with Crippen LogP contribution in [-0.2, 0) is 16.0 Å². The zero-order valence-electron chi connectivity index (χ0n) is 18.4. The van der Waals surface area contributed by atoms with Crippen molar-refractivity contribution in [1.82, 2.24) is 0 Å². The lowest BCUT2D eigenvalue weighted by Crippen LogP contribution is -2.31. The second-order valence-electron chi connectivity index (χ2n) is 8.49. The number of rotatable bonds is 3. The summed E-state index contributed by atoms with van der Waals surface area (Å²) in [5.74, 6) is -2.54. The van der Waals surface area contributed by atoms with Gasteiger partial charge in [-0.1, -0.05) is 6.07 Å². The van der Waals surface area contributed by atoms with Gasteiger partial charge >= 0.3 is 5.97 Å². The minimum Gasteiger partial charge on any atom is -0.507 e. The van der Waals surface area contributed by atoms with Crippen LogP contribution in [0.3, 0.4) is 0 Å². The normalized spacial score (nSPS) is 20.0. The Balaban J connectivity index is 1.68. The molecule has 0 aromatic heterocycles. The van der Waals surface area contributed by atoms with Gasteiger partial charge in [-0.15, -0.1) is 0 Å². The van der Waals surface area contributed by atoms with Crippen LogP contribution >= 0.6 is 0 Å². The van der Waals surface area contributed by atoms with Crippen LogP contribution in [0.25, 0.3) is 0 Å². The Kier molecular flexibility index (Phi) is 5.25. The quantitative estimate of drug-likeness (QED) is 0.241. The largest absolute Gasteiger partial charge is 0.507 e. The molecule has 3 aromatic rings. The lowest BCUT2D eigenvalue weighted by atomic mass is 9.81. The highest BCUT2D eigenvalue weighted by Crippen LogP contribution is 2.56. The number of phenols is 5. The molecule has 0 aliphatic carbocycles. The van der Waals surface area contributed by atoms with Gasteiger partial charge in [0.1, 0.15) is 29.1 Å². The van der Waals surface area contributed by atoms with Crippen molar-refractivity contribution in [3.63, 3.8) is 0 Å². The van der Waals surface area contributed by atoms with Gasteiger partial charge in [-0.05, 0) is 23.8 Å². The number of fused-ring (bicyclic) bond motifs is 4. The van der Waals surface area contributed by atoms with E-state index in [1.807, 2.05) is 0 Å². The summed E-state index contributed by atoms with van der Waals surface area (Å²) in [5.41, 5.74) is 1.44. The molecule has 182 valence electrons. The monoisotopic (exact) mass is 482 g/mol. The van der Waals surface area contributed by atoms with E-state index in [-0.39, 0.29) is 41.6 Å². The van der Waals surface area contributed by atoms with Crippen molar-refractivity contribution in [3.8, 4) is 46.0 Å². The summed E-state index contributed by atoms with van der Waals surface area (Å²) in [7, 11) is 1.24. The van der Waals surface area contributed by atoms with Crippen LogP contribution in [-0.4, -0.2) is 49.8 Å². The number of aliphatic hydroxyl groups is 1. The summed E-state index contributed by atoms with van der Waals surface area (Å²) in [6.07, 6.45) is -2.27. The predicted molar refractivity (Wildman–Crippen MR) is 119 cm³/mol. The Hall–Kier alpha value is -4.31. The molecule has 0 fully saturated rings. The van der Waals surface area contributed by atoms with E-state index < -0.39 is 41.3 Å². The molecule has 6 N–H and O–H groups in total. The standard InChI is InChI=1S/C25H22O10/c1-33-22(32)7-12-11-5-17(29)18(30)9-20(11)34-21-8-15(27)13-6-19(31)24(35-25(13)23(12)21)10-2-3-14(26)16(28)4-10/h2-5,8-9,12,19,24,26-31H,6-7H2,1H3/t12-,19-,24-/m0/s1.